The lowest BCUT2D eigenvalue weighted by Gasteiger charge is -2.17. The van der Waals surface area contributed by atoms with Crippen LogP contribution < -0.4 is 5.32 Å². The number of rotatable bonds is 7. The molecule has 0 saturated carbocycles. The Balaban J connectivity index is 4.01. The number of nitrogens with one attached hydrogen (secondary N) is 1. The monoisotopic (exact) mass is 224 g/mol. The van der Waals surface area contributed by atoms with E-state index in [9.17, 15) is 8.42 Å². The molecule has 0 aromatic heterocycles. The largest absolute Gasteiger partial charge is 0.393 e. The van der Waals surface area contributed by atoms with E-state index in [1.807, 2.05) is 0 Å². The molecule has 0 aliphatic heterocycles. The summed E-state index contributed by atoms with van der Waals surface area (Å²) < 4.78 is 24.3. The number of hydrogen-bond donors (Lipinski definition) is 2. The highest BCUT2D eigenvalue weighted by Gasteiger charge is 2.16. The molecule has 0 fully saturated rings. The molecule has 0 amide bonds. The highest BCUT2D eigenvalue weighted by atomic mass is 32.2. The van der Waals surface area contributed by atoms with Gasteiger partial charge in [0.25, 0.3) is 0 Å². The van der Waals surface area contributed by atoms with Gasteiger partial charge in [0, 0.05) is 20.1 Å². The van der Waals surface area contributed by atoms with E-state index in [1.165, 1.54) is 11.4 Å². The molecule has 0 aliphatic carbocycles. The van der Waals surface area contributed by atoms with Crippen molar-refractivity contribution >= 4 is 10.0 Å². The Labute approximate surface area is 86.2 Å². The SMILES string of the molecule is CNCCS(=O)(=O)N(C)CCC(C)O. The minimum atomic E-state index is -3.16. The number of nitrogens with zero attached hydrogens (tertiary/aromatic N) is 1. The molecule has 14 heavy (non-hydrogen) atoms. The Hall–Kier alpha value is -0.170. The van der Waals surface area contributed by atoms with Crippen LogP contribution in [0.4, 0.5) is 0 Å². The molecule has 1 unspecified atom stereocenters. The van der Waals surface area contributed by atoms with Gasteiger partial charge in [0.1, 0.15) is 0 Å². The van der Waals surface area contributed by atoms with Gasteiger partial charge in [0.05, 0.1) is 11.9 Å². The molecule has 2 N–H and O–H groups in total. The number of sulfonamides is 1. The summed E-state index contributed by atoms with van der Waals surface area (Å²) in [5.74, 6) is 0.0970. The van der Waals surface area contributed by atoms with Crippen molar-refractivity contribution in [2.24, 2.45) is 0 Å². The fourth-order valence-electron chi connectivity index (χ4n) is 0.895. The Morgan fingerprint density at radius 2 is 2.07 bits per heavy atom. The molecule has 0 radical (unpaired) electrons. The summed E-state index contributed by atoms with van der Waals surface area (Å²) in [6, 6.07) is 0. The average Bonchev–Trinajstić information content (AvgIpc) is 2.10. The standard InChI is InChI=1S/C8H20N2O3S/c1-8(11)4-6-10(3)14(12,13)7-5-9-2/h8-9,11H,4-7H2,1-3H3. The Morgan fingerprint density at radius 1 is 1.50 bits per heavy atom. The zero-order valence-electron chi connectivity index (χ0n) is 9.02. The fourth-order valence-corrected chi connectivity index (χ4v) is 2.05. The predicted octanol–water partition coefficient (Wildman–Crippen LogP) is -0.762. The number of hydrogen-bond acceptors (Lipinski definition) is 4. The smallest absolute Gasteiger partial charge is 0.215 e. The minimum absolute atomic E-state index is 0.0970. The fraction of sp³-hybridized carbons (Fsp3) is 1.00. The first-order valence-electron chi connectivity index (χ1n) is 4.67. The van der Waals surface area contributed by atoms with E-state index in [4.69, 9.17) is 5.11 Å². The molecule has 0 spiro atoms. The van der Waals surface area contributed by atoms with Crippen molar-refractivity contribution in [1.29, 1.82) is 0 Å². The highest BCUT2D eigenvalue weighted by Crippen LogP contribution is 2.00. The number of aliphatic hydroxyl groups excluding tert-OH is 1. The summed E-state index contributed by atoms with van der Waals surface area (Å²) in [6.07, 6.45) is 0.00639. The van der Waals surface area contributed by atoms with Gasteiger partial charge in [0.15, 0.2) is 0 Å². The lowest BCUT2D eigenvalue weighted by molar-refractivity contribution is 0.177. The molecule has 0 aliphatic rings. The minimum Gasteiger partial charge on any atom is -0.393 e. The maximum absolute atomic E-state index is 11.5. The summed E-state index contributed by atoms with van der Waals surface area (Å²) in [5.41, 5.74) is 0. The third-order valence-electron chi connectivity index (χ3n) is 1.95. The van der Waals surface area contributed by atoms with Crippen LogP contribution in [0.5, 0.6) is 0 Å². The van der Waals surface area contributed by atoms with E-state index in [0.29, 0.717) is 19.5 Å². The van der Waals surface area contributed by atoms with Crippen LogP contribution in [0.25, 0.3) is 0 Å². The van der Waals surface area contributed by atoms with Gasteiger partial charge < -0.3 is 10.4 Å². The second-order valence-corrected chi connectivity index (χ2v) is 5.57. The molecule has 0 aromatic carbocycles. The van der Waals surface area contributed by atoms with Gasteiger partial charge in [-0.05, 0) is 20.4 Å². The Bertz CT molecular complexity index is 239. The van der Waals surface area contributed by atoms with E-state index < -0.39 is 16.1 Å². The van der Waals surface area contributed by atoms with E-state index >= 15 is 0 Å². The quantitative estimate of drug-likeness (QED) is 0.596. The van der Waals surface area contributed by atoms with Gasteiger partial charge in [-0.15, -0.1) is 0 Å². The van der Waals surface area contributed by atoms with Crippen LogP contribution in [0, 0.1) is 0 Å². The lowest BCUT2D eigenvalue weighted by Crippen LogP contribution is -2.34. The second-order valence-electron chi connectivity index (χ2n) is 3.38. The molecular formula is C8H20N2O3S. The summed E-state index contributed by atoms with van der Waals surface area (Å²) in [5, 5.41) is 11.8. The molecule has 86 valence electrons. The van der Waals surface area contributed by atoms with Gasteiger partial charge in [-0.2, -0.15) is 0 Å². The normalized spacial score (nSPS) is 14.6. The third-order valence-corrected chi connectivity index (χ3v) is 3.80. The molecule has 0 heterocycles. The summed E-state index contributed by atoms with van der Waals surface area (Å²) >= 11 is 0. The van der Waals surface area contributed by atoms with Gasteiger partial charge in [0.2, 0.25) is 10.0 Å². The van der Waals surface area contributed by atoms with Crippen LogP contribution in [0.3, 0.4) is 0 Å². The van der Waals surface area contributed by atoms with Crippen molar-refractivity contribution in [2.45, 2.75) is 19.4 Å². The molecule has 0 aromatic rings. The van der Waals surface area contributed by atoms with Gasteiger partial charge >= 0.3 is 0 Å². The zero-order valence-corrected chi connectivity index (χ0v) is 9.84. The second kappa shape index (κ2) is 6.34. The maximum Gasteiger partial charge on any atom is 0.215 e. The van der Waals surface area contributed by atoms with Crippen molar-refractivity contribution in [1.82, 2.24) is 9.62 Å². The lowest BCUT2D eigenvalue weighted by atomic mass is 10.3. The van der Waals surface area contributed by atoms with Crippen molar-refractivity contribution in [3.05, 3.63) is 0 Å². The average molecular weight is 224 g/mol. The Kier molecular flexibility index (Phi) is 6.26. The molecule has 0 rings (SSSR count). The summed E-state index contributed by atoms with van der Waals surface area (Å²) in [7, 11) is 0.0903. The van der Waals surface area contributed by atoms with Crippen molar-refractivity contribution in [3.63, 3.8) is 0 Å². The summed E-state index contributed by atoms with van der Waals surface area (Å²) in [6.45, 7) is 2.46. The Morgan fingerprint density at radius 3 is 2.50 bits per heavy atom. The van der Waals surface area contributed by atoms with Gasteiger partial charge in [-0.3, -0.25) is 0 Å². The van der Waals surface area contributed by atoms with Gasteiger partial charge in [-0.25, -0.2) is 12.7 Å². The third kappa shape index (κ3) is 5.54. The molecule has 0 saturated heterocycles. The first kappa shape index (κ1) is 13.8. The maximum atomic E-state index is 11.5. The van der Waals surface area contributed by atoms with Crippen LogP contribution in [-0.2, 0) is 10.0 Å². The highest BCUT2D eigenvalue weighted by molar-refractivity contribution is 7.89. The van der Waals surface area contributed by atoms with Crippen LogP contribution in [-0.4, -0.2) is 56.9 Å². The van der Waals surface area contributed by atoms with Crippen molar-refractivity contribution in [3.8, 4) is 0 Å². The van der Waals surface area contributed by atoms with Crippen molar-refractivity contribution in [2.75, 3.05) is 32.9 Å². The van der Waals surface area contributed by atoms with Crippen LogP contribution in [0.1, 0.15) is 13.3 Å². The van der Waals surface area contributed by atoms with E-state index in [-0.39, 0.29) is 5.75 Å². The molecule has 6 heteroatoms. The zero-order chi connectivity index (χ0) is 11.2. The summed E-state index contributed by atoms with van der Waals surface area (Å²) in [4.78, 5) is 0. The molecule has 0 bridgehead atoms. The number of aliphatic hydroxyl groups is 1. The topological polar surface area (TPSA) is 69.6 Å². The van der Waals surface area contributed by atoms with Crippen LogP contribution in [0.15, 0.2) is 0 Å². The molecule has 5 nitrogen and oxygen atoms in total. The van der Waals surface area contributed by atoms with E-state index in [1.54, 1.807) is 14.0 Å². The van der Waals surface area contributed by atoms with Crippen molar-refractivity contribution < 1.29 is 13.5 Å². The molecular weight excluding hydrogens is 204 g/mol. The van der Waals surface area contributed by atoms with E-state index in [0.717, 1.165) is 0 Å². The first-order valence-corrected chi connectivity index (χ1v) is 6.27. The van der Waals surface area contributed by atoms with Crippen LogP contribution in [0.2, 0.25) is 0 Å². The molecule has 1 atom stereocenters. The van der Waals surface area contributed by atoms with Gasteiger partial charge in [-0.1, -0.05) is 0 Å². The first-order chi connectivity index (χ1) is 6.40. The van der Waals surface area contributed by atoms with Crippen LogP contribution >= 0.6 is 0 Å². The predicted molar refractivity (Wildman–Crippen MR) is 56.6 cm³/mol. The van der Waals surface area contributed by atoms with E-state index in [2.05, 4.69) is 5.32 Å².